The van der Waals surface area contributed by atoms with Gasteiger partial charge in [-0.3, -0.25) is 4.79 Å². The fraction of sp³-hybridized carbons (Fsp3) is 0.611. The van der Waals surface area contributed by atoms with Crippen LogP contribution in [-0.4, -0.2) is 37.6 Å². The Bertz CT molecular complexity index is 651. The molecule has 0 saturated carbocycles. The number of hydrogen-bond acceptors (Lipinski definition) is 3. The van der Waals surface area contributed by atoms with Crippen molar-refractivity contribution in [1.29, 1.82) is 0 Å². The Kier molecular flexibility index (Phi) is 5.19. The molecule has 0 spiro atoms. The van der Waals surface area contributed by atoms with E-state index in [9.17, 15) is 13.2 Å². The van der Waals surface area contributed by atoms with Crippen molar-refractivity contribution >= 4 is 15.7 Å². The van der Waals surface area contributed by atoms with Gasteiger partial charge in [-0.2, -0.15) is 0 Å². The standard InChI is InChI=1S/C18H27NO3S/c1-14(17(20)19-11-5-6-12-19)23(21,22)13-15-7-9-16(10-8-15)18(2,3)4/h7-10,14H,5-6,11-13H2,1-4H3. The molecule has 1 amide bonds. The molecule has 1 aliphatic rings. The van der Waals surface area contributed by atoms with E-state index in [-0.39, 0.29) is 17.1 Å². The Labute approximate surface area is 139 Å². The van der Waals surface area contributed by atoms with Crippen LogP contribution in [0.15, 0.2) is 24.3 Å². The van der Waals surface area contributed by atoms with Crippen LogP contribution < -0.4 is 0 Å². The molecule has 4 nitrogen and oxygen atoms in total. The van der Waals surface area contributed by atoms with Gasteiger partial charge in [-0.25, -0.2) is 8.42 Å². The summed E-state index contributed by atoms with van der Waals surface area (Å²) in [7, 11) is -3.49. The summed E-state index contributed by atoms with van der Waals surface area (Å²) in [6.45, 7) is 9.23. The maximum absolute atomic E-state index is 12.5. The number of hydrogen-bond donors (Lipinski definition) is 0. The highest BCUT2D eigenvalue weighted by Gasteiger charge is 2.32. The molecule has 1 heterocycles. The molecule has 0 N–H and O–H groups in total. The zero-order valence-corrected chi connectivity index (χ0v) is 15.3. The van der Waals surface area contributed by atoms with Gasteiger partial charge < -0.3 is 4.90 Å². The van der Waals surface area contributed by atoms with Gasteiger partial charge in [0.1, 0.15) is 5.25 Å². The molecular weight excluding hydrogens is 310 g/mol. The van der Waals surface area contributed by atoms with E-state index in [1.54, 1.807) is 4.90 Å². The molecule has 0 bridgehead atoms. The number of benzene rings is 1. The second-order valence-electron chi connectivity index (χ2n) is 7.43. The summed E-state index contributed by atoms with van der Waals surface area (Å²) in [5.41, 5.74) is 1.94. The lowest BCUT2D eigenvalue weighted by Crippen LogP contribution is -2.40. The second-order valence-corrected chi connectivity index (χ2v) is 9.75. The zero-order valence-electron chi connectivity index (χ0n) is 14.5. The number of likely N-dealkylation sites (tertiary alicyclic amines) is 1. The Hall–Kier alpha value is -1.36. The minimum Gasteiger partial charge on any atom is -0.342 e. The van der Waals surface area contributed by atoms with Crippen molar-refractivity contribution in [1.82, 2.24) is 4.90 Å². The second kappa shape index (κ2) is 6.63. The summed E-state index contributed by atoms with van der Waals surface area (Å²) in [6, 6.07) is 7.64. The lowest BCUT2D eigenvalue weighted by molar-refractivity contribution is -0.129. The number of carbonyl (C=O) groups excluding carboxylic acids is 1. The van der Waals surface area contributed by atoms with E-state index in [0.29, 0.717) is 13.1 Å². The summed E-state index contributed by atoms with van der Waals surface area (Å²) in [6.07, 6.45) is 1.93. The van der Waals surface area contributed by atoms with Crippen molar-refractivity contribution in [2.45, 2.75) is 57.0 Å². The predicted molar refractivity (Wildman–Crippen MR) is 93.0 cm³/mol. The van der Waals surface area contributed by atoms with Crippen LogP contribution in [0, 0.1) is 0 Å². The molecule has 23 heavy (non-hydrogen) atoms. The first-order chi connectivity index (χ1) is 10.6. The van der Waals surface area contributed by atoms with Gasteiger partial charge in [0, 0.05) is 13.1 Å². The van der Waals surface area contributed by atoms with Crippen molar-refractivity contribution < 1.29 is 13.2 Å². The number of nitrogens with zero attached hydrogens (tertiary/aromatic N) is 1. The van der Waals surface area contributed by atoms with Crippen molar-refractivity contribution in [3.8, 4) is 0 Å². The third kappa shape index (κ3) is 4.34. The summed E-state index contributed by atoms with van der Waals surface area (Å²) in [5.74, 6) is -0.341. The molecule has 0 radical (unpaired) electrons. The number of sulfone groups is 1. The third-order valence-corrected chi connectivity index (χ3v) is 6.51. The van der Waals surface area contributed by atoms with Crippen LogP contribution in [0.5, 0.6) is 0 Å². The van der Waals surface area contributed by atoms with Crippen molar-refractivity contribution in [3.63, 3.8) is 0 Å². The van der Waals surface area contributed by atoms with Gasteiger partial charge in [0.15, 0.2) is 9.84 Å². The van der Waals surface area contributed by atoms with E-state index in [1.165, 1.54) is 12.5 Å². The molecule has 1 aromatic rings. The maximum atomic E-state index is 12.5. The highest BCUT2D eigenvalue weighted by atomic mass is 32.2. The minimum absolute atomic E-state index is 0.0381. The number of rotatable bonds is 4. The molecule has 1 atom stereocenters. The monoisotopic (exact) mass is 337 g/mol. The first-order valence-corrected chi connectivity index (χ1v) is 9.92. The van der Waals surface area contributed by atoms with Gasteiger partial charge in [-0.05, 0) is 36.3 Å². The highest BCUT2D eigenvalue weighted by Crippen LogP contribution is 2.23. The largest absolute Gasteiger partial charge is 0.342 e. The normalized spacial score (nSPS) is 17.3. The summed E-state index contributed by atoms with van der Waals surface area (Å²) < 4.78 is 25.1. The van der Waals surface area contributed by atoms with E-state index in [4.69, 9.17) is 0 Å². The number of amides is 1. The molecule has 0 aliphatic carbocycles. The van der Waals surface area contributed by atoms with Gasteiger partial charge in [-0.15, -0.1) is 0 Å². The zero-order chi connectivity index (χ0) is 17.3. The molecule has 0 aromatic heterocycles. The van der Waals surface area contributed by atoms with Crippen LogP contribution in [0.4, 0.5) is 0 Å². The Morgan fingerprint density at radius 2 is 1.65 bits per heavy atom. The Balaban J connectivity index is 2.09. The highest BCUT2D eigenvalue weighted by molar-refractivity contribution is 7.92. The van der Waals surface area contributed by atoms with E-state index in [2.05, 4.69) is 20.8 Å². The molecular formula is C18H27NO3S. The van der Waals surface area contributed by atoms with Crippen molar-refractivity contribution in [3.05, 3.63) is 35.4 Å². The molecule has 128 valence electrons. The van der Waals surface area contributed by atoms with E-state index >= 15 is 0 Å². The summed E-state index contributed by atoms with van der Waals surface area (Å²) in [4.78, 5) is 14.0. The summed E-state index contributed by atoms with van der Waals surface area (Å²) >= 11 is 0. The summed E-state index contributed by atoms with van der Waals surface area (Å²) in [5, 5.41) is -0.970. The van der Waals surface area contributed by atoms with Gasteiger partial charge >= 0.3 is 0 Å². The number of carbonyl (C=O) groups is 1. The molecule has 1 fully saturated rings. The SMILES string of the molecule is CC(C(=O)N1CCCC1)S(=O)(=O)Cc1ccc(C(C)(C)C)cc1. The topological polar surface area (TPSA) is 54.5 Å². The van der Waals surface area contributed by atoms with Crippen LogP contribution in [0.2, 0.25) is 0 Å². The molecule has 1 unspecified atom stereocenters. The van der Waals surface area contributed by atoms with Crippen LogP contribution in [-0.2, 0) is 25.8 Å². The lowest BCUT2D eigenvalue weighted by atomic mass is 9.87. The molecule has 2 rings (SSSR count). The van der Waals surface area contributed by atoms with Crippen molar-refractivity contribution in [2.75, 3.05) is 13.1 Å². The molecule has 1 aliphatic heterocycles. The molecule has 1 aromatic carbocycles. The quantitative estimate of drug-likeness (QED) is 0.849. The predicted octanol–water partition coefficient (Wildman–Crippen LogP) is 2.91. The molecule has 1 saturated heterocycles. The van der Waals surface area contributed by atoms with Gasteiger partial charge in [0.25, 0.3) is 0 Å². The smallest absolute Gasteiger partial charge is 0.240 e. The van der Waals surface area contributed by atoms with Crippen LogP contribution in [0.25, 0.3) is 0 Å². The van der Waals surface area contributed by atoms with Crippen LogP contribution in [0.3, 0.4) is 0 Å². The van der Waals surface area contributed by atoms with Gasteiger partial charge in [-0.1, -0.05) is 45.0 Å². The average Bonchev–Trinajstić information content (AvgIpc) is 2.99. The maximum Gasteiger partial charge on any atom is 0.240 e. The van der Waals surface area contributed by atoms with E-state index in [0.717, 1.165) is 18.4 Å². The Morgan fingerprint density at radius 3 is 2.13 bits per heavy atom. The average molecular weight is 337 g/mol. The van der Waals surface area contributed by atoms with Crippen LogP contribution in [0.1, 0.15) is 51.7 Å². The Morgan fingerprint density at radius 1 is 1.13 bits per heavy atom. The third-order valence-electron chi connectivity index (χ3n) is 4.49. The fourth-order valence-electron chi connectivity index (χ4n) is 2.81. The molecule has 5 heteroatoms. The lowest BCUT2D eigenvalue weighted by Gasteiger charge is -2.21. The van der Waals surface area contributed by atoms with E-state index < -0.39 is 15.1 Å². The fourth-order valence-corrected chi connectivity index (χ4v) is 4.17. The van der Waals surface area contributed by atoms with E-state index in [1.807, 2.05) is 24.3 Å². The van der Waals surface area contributed by atoms with Gasteiger partial charge in [0.2, 0.25) is 5.91 Å². The van der Waals surface area contributed by atoms with Crippen LogP contribution >= 0.6 is 0 Å². The first kappa shape index (κ1) is 18.0. The van der Waals surface area contributed by atoms with Gasteiger partial charge in [0.05, 0.1) is 5.75 Å². The first-order valence-electron chi connectivity index (χ1n) is 8.21. The minimum atomic E-state index is -3.49. The van der Waals surface area contributed by atoms with Crippen molar-refractivity contribution in [2.24, 2.45) is 0 Å².